The molecule has 3 aromatic rings. The monoisotopic (exact) mass is 329 g/mol. The third-order valence-electron chi connectivity index (χ3n) is 4.17. The van der Waals surface area contributed by atoms with Crippen molar-refractivity contribution in [2.75, 3.05) is 0 Å². The summed E-state index contributed by atoms with van der Waals surface area (Å²) in [5.41, 5.74) is 0.751. The molecule has 0 unspecified atom stereocenters. The van der Waals surface area contributed by atoms with Gasteiger partial charge in [0, 0.05) is 30.4 Å². The van der Waals surface area contributed by atoms with Crippen molar-refractivity contribution in [2.45, 2.75) is 32.7 Å². The van der Waals surface area contributed by atoms with Gasteiger partial charge in [0.2, 0.25) is 0 Å². The zero-order chi connectivity index (χ0) is 17.3. The van der Waals surface area contributed by atoms with E-state index in [-0.39, 0.29) is 23.3 Å². The normalized spacial score (nSPS) is 12.5. The van der Waals surface area contributed by atoms with E-state index in [9.17, 15) is 9.18 Å². The van der Waals surface area contributed by atoms with Gasteiger partial charge in [-0.15, -0.1) is 0 Å². The first kappa shape index (κ1) is 16.2. The third-order valence-corrected chi connectivity index (χ3v) is 4.17. The molecule has 0 aliphatic carbocycles. The first-order chi connectivity index (χ1) is 11.5. The number of benzene rings is 1. The SMILES string of the molecule is CCC[C@H](NC(=O)c1oc2c(F)cccc2c1C)c1nccn1C. The third kappa shape index (κ3) is 2.79. The topological polar surface area (TPSA) is 60.1 Å². The van der Waals surface area contributed by atoms with Crippen molar-refractivity contribution in [3.63, 3.8) is 0 Å². The van der Waals surface area contributed by atoms with Crippen LogP contribution in [0, 0.1) is 12.7 Å². The van der Waals surface area contributed by atoms with Crippen molar-refractivity contribution in [2.24, 2.45) is 7.05 Å². The van der Waals surface area contributed by atoms with Crippen LogP contribution in [0.3, 0.4) is 0 Å². The van der Waals surface area contributed by atoms with Gasteiger partial charge in [-0.2, -0.15) is 0 Å². The molecule has 0 saturated heterocycles. The molecule has 6 heteroatoms. The minimum atomic E-state index is -0.469. The van der Waals surface area contributed by atoms with Crippen LogP contribution >= 0.6 is 0 Å². The molecule has 0 radical (unpaired) electrons. The van der Waals surface area contributed by atoms with Crippen molar-refractivity contribution >= 4 is 16.9 Å². The molecular formula is C18H20FN3O2. The summed E-state index contributed by atoms with van der Waals surface area (Å²) >= 11 is 0. The van der Waals surface area contributed by atoms with E-state index in [1.807, 2.05) is 24.7 Å². The maximum absolute atomic E-state index is 13.9. The van der Waals surface area contributed by atoms with Crippen LogP contribution in [0.25, 0.3) is 11.0 Å². The van der Waals surface area contributed by atoms with Crippen LogP contribution in [0.4, 0.5) is 4.39 Å². The second-order valence-corrected chi connectivity index (χ2v) is 5.88. The predicted molar refractivity (Wildman–Crippen MR) is 89.2 cm³/mol. The predicted octanol–water partition coefficient (Wildman–Crippen LogP) is 3.89. The second kappa shape index (κ2) is 6.47. The Bertz CT molecular complexity index is 882. The number of hydrogen-bond donors (Lipinski definition) is 1. The number of nitrogens with zero attached hydrogens (tertiary/aromatic N) is 2. The highest BCUT2D eigenvalue weighted by Gasteiger charge is 2.24. The zero-order valence-electron chi connectivity index (χ0n) is 14.0. The number of halogens is 1. The largest absolute Gasteiger partial charge is 0.448 e. The lowest BCUT2D eigenvalue weighted by atomic mass is 10.1. The van der Waals surface area contributed by atoms with E-state index in [2.05, 4.69) is 10.3 Å². The van der Waals surface area contributed by atoms with E-state index in [0.29, 0.717) is 10.9 Å². The lowest BCUT2D eigenvalue weighted by molar-refractivity contribution is 0.0905. The molecule has 1 aromatic carbocycles. The molecule has 2 aromatic heterocycles. The summed E-state index contributed by atoms with van der Waals surface area (Å²) in [5, 5.41) is 3.58. The zero-order valence-corrected chi connectivity index (χ0v) is 14.0. The Morgan fingerprint density at radius 1 is 1.46 bits per heavy atom. The summed E-state index contributed by atoms with van der Waals surface area (Å²) in [4.78, 5) is 17.0. The first-order valence-electron chi connectivity index (χ1n) is 7.98. The van der Waals surface area contributed by atoms with Crippen LogP contribution in [-0.4, -0.2) is 15.5 Å². The number of hydrogen-bond acceptors (Lipinski definition) is 3. The van der Waals surface area contributed by atoms with Crippen molar-refractivity contribution in [3.05, 3.63) is 53.6 Å². The van der Waals surface area contributed by atoms with Crippen molar-refractivity contribution in [1.82, 2.24) is 14.9 Å². The molecule has 1 amide bonds. The summed E-state index contributed by atoms with van der Waals surface area (Å²) in [7, 11) is 1.89. The molecule has 0 saturated carbocycles. The quantitative estimate of drug-likeness (QED) is 0.772. The van der Waals surface area contributed by atoms with Gasteiger partial charge in [0.25, 0.3) is 5.91 Å². The van der Waals surface area contributed by atoms with Gasteiger partial charge < -0.3 is 14.3 Å². The lowest BCUT2D eigenvalue weighted by Gasteiger charge is -2.17. The standard InChI is InChI=1S/C18H20FN3O2/c1-4-6-14(17-20-9-10-22(17)3)21-18(23)15-11(2)12-7-5-8-13(19)16(12)24-15/h5,7-10,14H,4,6H2,1-3H3,(H,21,23)/t14-/m0/s1. The molecule has 0 spiro atoms. The Morgan fingerprint density at radius 2 is 2.25 bits per heavy atom. The molecule has 0 aliphatic heterocycles. The molecule has 0 bridgehead atoms. The fraction of sp³-hybridized carbons (Fsp3) is 0.333. The number of furan rings is 1. The molecule has 5 nitrogen and oxygen atoms in total. The summed E-state index contributed by atoms with van der Waals surface area (Å²) in [6.07, 6.45) is 5.19. The fourth-order valence-corrected chi connectivity index (χ4v) is 2.92. The molecule has 24 heavy (non-hydrogen) atoms. The van der Waals surface area contributed by atoms with Crippen LogP contribution in [0.1, 0.15) is 47.7 Å². The van der Waals surface area contributed by atoms with Crippen molar-refractivity contribution in [1.29, 1.82) is 0 Å². The van der Waals surface area contributed by atoms with Crippen LogP contribution in [-0.2, 0) is 7.05 Å². The highest BCUT2D eigenvalue weighted by atomic mass is 19.1. The molecule has 0 fully saturated rings. The summed E-state index contributed by atoms with van der Waals surface area (Å²) in [5.74, 6) is 0.101. The Morgan fingerprint density at radius 3 is 2.88 bits per heavy atom. The molecule has 1 atom stereocenters. The van der Waals surface area contributed by atoms with Crippen LogP contribution in [0.2, 0.25) is 0 Å². The maximum Gasteiger partial charge on any atom is 0.287 e. The maximum atomic E-state index is 13.9. The van der Waals surface area contributed by atoms with E-state index in [1.165, 1.54) is 6.07 Å². The van der Waals surface area contributed by atoms with Crippen LogP contribution in [0.15, 0.2) is 35.0 Å². The summed E-state index contributed by atoms with van der Waals surface area (Å²) in [6, 6.07) is 4.45. The minimum absolute atomic E-state index is 0.115. The van der Waals surface area contributed by atoms with Crippen LogP contribution < -0.4 is 5.32 Å². The number of rotatable bonds is 5. The van der Waals surface area contributed by atoms with Gasteiger partial charge in [-0.1, -0.05) is 25.5 Å². The van der Waals surface area contributed by atoms with Gasteiger partial charge in [0.1, 0.15) is 5.82 Å². The number of carbonyl (C=O) groups is 1. The number of fused-ring (bicyclic) bond motifs is 1. The number of aromatic nitrogens is 2. The van der Waals surface area contributed by atoms with Gasteiger partial charge >= 0.3 is 0 Å². The number of nitrogens with one attached hydrogen (secondary N) is 1. The number of para-hydroxylation sites is 1. The smallest absolute Gasteiger partial charge is 0.287 e. The fourth-order valence-electron chi connectivity index (χ4n) is 2.92. The van der Waals surface area contributed by atoms with E-state index in [0.717, 1.165) is 18.7 Å². The highest BCUT2D eigenvalue weighted by molar-refractivity contribution is 5.99. The average Bonchev–Trinajstić information content (AvgIpc) is 3.12. The average molecular weight is 329 g/mol. The Kier molecular flexibility index (Phi) is 4.38. The van der Waals surface area contributed by atoms with Gasteiger partial charge in [-0.05, 0) is 19.4 Å². The van der Waals surface area contributed by atoms with Crippen molar-refractivity contribution in [3.8, 4) is 0 Å². The second-order valence-electron chi connectivity index (χ2n) is 5.88. The molecular weight excluding hydrogens is 309 g/mol. The van der Waals surface area contributed by atoms with E-state index in [4.69, 9.17) is 4.42 Å². The summed E-state index contributed by atoms with van der Waals surface area (Å²) < 4.78 is 21.2. The molecule has 1 N–H and O–H groups in total. The molecule has 3 rings (SSSR count). The Hall–Kier alpha value is -2.63. The number of carbonyl (C=O) groups excluding carboxylic acids is 1. The summed E-state index contributed by atoms with van der Waals surface area (Å²) in [6.45, 7) is 3.81. The number of amides is 1. The van der Waals surface area contributed by atoms with Crippen LogP contribution in [0.5, 0.6) is 0 Å². The minimum Gasteiger partial charge on any atom is -0.448 e. The Balaban J connectivity index is 1.92. The van der Waals surface area contributed by atoms with Gasteiger partial charge in [-0.25, -0.2) is 9.37 Å². The molecule has 0 aliphatic rings. The van der Waals surface area contributed by atoms with E-state index in [1.54, 1.807) is 25.3 Å². The first-order valence-corrected chi connectivity index (χ1v) is 7.98. The number of aryl methyl sites for hydroxylation is 2. The van der Waals surface area contributed by atoms with Gasteiger partial charge in [-0.3, -0.25) is 4.79 Å². The Labute approximate surface area is 139 Å². The van der Waals surface area contributed by atoms with Gasteiger partial charge in [0.05, 0.1) is 6.04 Å². The van der Waals surface area contributed by atoms with E-state index < -0.39 is 5.82 Å². The van der Waals surface area contributed by atoms with Crippen molar-refractivity contribution < 1.29 is 13.6 Å². The molecule has 2 heterocycles. The highest BCUT2D eigenvalue weighted by Crippen LogP contribution is 2.28. The number of imidazole rings is 1. The van der Waals surface area contributed by atoms with Gasteiger partial charge in [0.15, 0.2) is 17.2 Å². The van der Waals surface area contributed by atoms with E-state index >= 15 is 0 Å². The molecule has 126 valence electrons. The lowest BCUT2D eigenvalue weighted by Crippen LogP contribution is -2.30.